The van der Waals surface area contributed by atoms with E-state index in [4.69, 9.17) is 27.9 Å². The fourth-order valence-electron chi connectivity index (χ4n) is 2.02. The fraction of sp³-hybridized carbons (Fsp3) is 0.105. The van der Waals surface area contributed by atoms with Crippen molar-refractivity contribution in [2.45, 2.75) is 6.92 Å². The first-order valence-corrected chi connectivity index (χ1v) is 8.56. The van der Waals surface area contributed by atoms with Gasteiger partial charge in [-0.05, 0) is 48.0 Å². The Hall–Kier alpha value is -2.83. The molecule has 0 saturated heterocycles. The Bertz CT molecular complexity index is 880. The maximum atomic E-state index is 11.8. The molecule has 0 saturated carbocycles. The number of anilines is 2. The summed E-state index contributed by atoms with van der Waals surface area (Å²) >= 11 is 11.8. The predicted octanol–water partition coefficient (Wildman–Crippen LogP) is 4.15. The van der Waals surface area contributed by atoms with Gasteiger partial charge >= 0.3 is 5.97 Å². The molecule has 0 fully saturated rings. The van der Waals surface area contributed by atoms with Gasteiger partial charge in [-0.1, -0.05) is 29.3 Å². The van der Waals surface area contributed by atoms with E-state index in [9.17, 15) is 14.4 Å². The molecular formula is C19H16Cl2N2O4. The number of ether oxygens (including phenoxy) is 1. The second kappa shape index (κ2) is 9.75. The summed E-state index contributed by atoms with van der Waals surface area (Å²) < 4.78 is 4.87. The number of hydrogen-bond acceptors (Lipinski definition) is 4. The predicted molar refractivity (Wildman–Crippen MR) is 106 cm³/mol. The third kappa shape index (κ3) is 7.13. The summed E-state index contributed by atoms with van der Waals surface area (Å²) in [6, 6.07) is 11.4. The fourth-order valence-corrected chi connectivity index (χ4v) is 2.49. The number of hydrogen-bond donors (Lipinski definition) is 2. The zero-order chi connectivity index (χ0) is 19.8. The summed E-state index contributed by atoms with van der Waals surface area (Å²) in [5, 5.41) is 6.08. The Labute approximate surface area is 166 Å². The van der Waals surface area contributed by atoms with Crippen molar-refractivity contribution in [3.8, 4) is 0 Å². The first kappa shape index (κ1) is 20.5. The van der Waals surface area contributed by atoms with E-state index < -0.39 is 18.5 Å². The van der Waals surface area contributed by atoms with Crippen molar-refractivity contribution in [2.24, 2.45) is 0 Å². The van der Waals surface area contributed by atoms with Crippen LogP contribution in [0.3, 0.4) is 0 Å². The maximum Gasteiger partial charge on any atom is 0.331 e. The molecule has 2 N–H and O–H groups in total. The van der Waals surface area contributed by atoms with Gasteiger partial charge in [0.15, 0.2) is 6.61 Å². The van der Waals surface area contributed by atoms with Crippen LogP contribution in [0.4, 0.5) is 11.4 Å². The molecule has 2 aromatic rings. The number of carbonyl (C=O) groups is 3. The number of carbonyl (C=O) groups excluding carboxylic acids is 3. The third-order valence-corrected chi connectivity index (χ3v) is 3.76. The number of benzene rings is 2. The van der Waals surface area contributed by atoms with E-state index in [2.05, 4.69) is 10.6 Å². The lowest BCUT2D eigenvalue weighted by atomic mass is 10.2. The number of halogens is 2. The Morgan fingerprint density at radius 2 is 1.63 bits per heavy atom. The second-order valence-corrected chi connectivity index (χ2v) is 6.26. The van der Waals surface area contributed by atoms with Gasteiger partial charge in [-0.2, -0.15) is 0 Å². The van der Waals surface area contributed by atoms with Gasteiger partial charge in [0, 0.05) is 34.4 Å². The second-order valence-electron chi connectivity index (χ2n) is 5.41. The lowest BCUT2D eigenvalue weighted by Crippen LogP contribution is -2.20. The monoisotopic (exact) mass is 406 g/mol. The molecule has 0 spiro atoms. The molecule has 6 nitrogen and oxygen atoms in total. The molecule has 0 heterocycles. The summed E-state index contributed by atoms with van der Waals surface area (Å²) in [5.74, 6) is -1.36. The van der Waals surface area contributed by atoms with E-state index >= 15 is 0 Å². The number of rotatable bonds is 6. The van der Waals surface area contributed by atoms with Gasteiger partial charge in [0.05, 0.1) is 0 Å². The highest BCUT2D eigenvalue weighted by Crippen LogP contribution is 2.22. The van der Waals surface area contributed by atoms with Crippen molar-refractivity contribution >= 4 is 58.4 Å². The highest BCUT2D eigenvalue weighted by molar-refractivity contribution is 6.35. The van der Waals surface area contributed by atoms with Gasteiger partial charge in [-0.3, -0.25) is 9.59 Å². The van der Waals surface area contributed by atoms with Crippen molar-refractivity contribution in [3.05, 3.63) is 64.1 Å². The molecule has 2 rings (SSSR count). The molecule has 0 aromatic heterocycles. The summed E-state index contributed by atoms with van der Waals surface area (Å²) in [6.45, 7) is 0.963. The molecule has 0 atom stereocenters. The molecule has 0 unspecified atom stereocenters. The van der Waals surface area contributed by atoms with E-state index in [1.165, 1.54) is 19.1 Å². The number of nitrogens with one attached hydrogen (secondary N) is 2. The van der Waals surface area contributed by atoms with E-state index in [1.54, 1.807) is 42.5 Å². The van der Waals surface area contributed by atoms with E-state index in [0.29, 0.717) is 27.0 Å². The molecule has 2 aromatic carbocycles. The van der Waals surface area contributed by atoms with Gasteiger partial charge in [0.1, 0.15) is 0 Å². The lowest BCUT2D eigenvalue weighted by Gasteiger charge is -2.07. The first-order valence-electron chi connectivity index (χ1n) is 7.81. The van der Waals surface area contributed by atoms with Crippen LogP contribution in [-0.2, 0) is 19.1 Å². The van der Waals surface area contributed by atoms with Crippen molar-refractivity contribution in [2.75, 3.05) is 17.2 Å². The molecule has 0 bridgehead atoms. The summed E-state index contributed by atoms with van der Waals surface area (Å²) in [5.41, 5.74) is 1.72. The normalized spacial score (nSPS) is 10.5. The van der Waals surface area contributed by atoms with Crippen LogP contribution in [0.1, 0.15) is 12.5 Å². The summed E-state index contributed by atoms with van der Waals surface area (Å²) in [7, 11) is 0. The minimum Gasteiger partial charge on any atom is -0.452 e. The van der Waals surface area contributed by atoms with Gasteiger partial charge in [-0.15, -0.1) is 0 Å². The van der Waals surface area contributed by atoms with E-state index in [-0.39, 0.29) is 5.91 Å². The molecule has 2 amide bonds. The zero-order valence-corrected chi connectivity index (χ0v) is 15.8. The van der Waals surface area contributed by atoms with Crippen LogP contribution in [0, 0.1) is 0 Å². The van der Waals surface area contributed by atoms with Crippen LogP contribution in [-0.4, -0.2) is 24.4 Å². The van der Waals surface area contributed by atoms with Crippen molar-refractivity contribution in [1.29, 1.82) is 0 Å². The molecule has 0 aliphatic carbocycles. The SMILES string of the molecule is CC(=O)Nc1ccc(NC(=O)COC(=O)/C=C/c2ccc(Cl)cc2Cl)cc1. The van der Waals surface area contributed by atoms with E-state index in [1.807, 2.05) is 0 Å². The largest absolute Gasteiger partial charge is 0.452 e. The van der Waals surface area contributed by atoms with Crippen molar-refractivity contribution in [1.82, 2.24) is 0 Å². The first-order chi connectivity index (χ1) is 12.8. The Morgan fingerprint density at radius 3 is 2.22 bits per heavy atom. The van der Waals surface area contributed by atoms with Gasteiger partial charge in [0.2, 0.25) is 5.91 Å². The van der Waals surface area contributed by atoms with Crippen LogP contribution in [0.5, 0.6) is 0 Å². The topological polar surface area (TPSA) is 84.5 Å². The Balaban J connectivity index is 1.81. The minimum atomic E-state index is -0.683. The summed E-state index contributed by atoms with van der Waals surface area (Å²) in [4.78, 5) is 34.5. The van der Waals surface area contributed by atoms with Crippen LogP contribution < -0.4 is 10.6 Å². The molecule has 0 aliphatic rings. The molecular weight excluding hydrogens is 391 g/mol. The Kier molecular flexibility index (Phi) is 7.40. The highest BCUT2D eigenvalue weighted by atomic mass is 35.5. The van der Waals surface area contributed by atoms with E-state index in [0.717, 1.165) is 0 Å². The van der Waals surface area contributed by atoms with Crippen LogP contribution >= 0.6 is 23.2 Å². The minimum absolute atomic E-state index is 0.188. The molecule has 140 valence electrons. The average Bonchev–Trinajstić information content (AvgIpc) is 2.60. The smallest absolute Gasteiger partial charge is 0.331 e. The number of esters is 1. The molecule has 27 heavy (non-hydrogen) atoms. The van der Waals surface area contributed by atoms with Gasteiger partial charge in [-0.25, -0.2) is 4.79 Å². The standard InChI is InChI=1S/C19H16Cl2N2O4/c1-12(24)22-15-5-7-16(8-6-15)23-18(25)11-27-19(26)9-3-13-2-4-14(20)10-17(13)21/h2-10H,11H2,1H3,(H,22,24)(H,23,25)/b9-3+. The van der Waals surface area contributed by atoms with Gasteiger partial charge < -0.3 is 15.4 Å². The third-order valence-electron chi connectivity index (χ3n) is 3.20. The van der Waals surface area contributed by atoms with Gasteiger partial charge in [0.25, 0.3) is 5.91 Å². The maximum absolute atomic E-state index is 11.8. The Morgan fingerprint density at radius 1 is 1.00 bits per heavy atom. The summed E-state index contributed by atoms with van der Waals surface area (Å²) in [6.07, 6.45) is 2.64. The zero-order valence-electron chi connectivity index (χ0n) is 14.3. The quantitative estimate of drug-likeness (QED) is 0.557. The lowest BCUT2D eigenvalue weighted by molar-refractivity contribution is -0.142. The molecule has 0 aliphatic heterocycles. The molecule has 0 radical (unpaired) electrons. The van der Waals surface area contributed by atoms with Crippen molar-refractivity contribution < 1.29 is 19.1 Å². The molecule has 8 heteroatoms. The van der Waals surface area contributed by atoms with Crippen molar-refractivity contribution in [3.63, 3.8) is 0 Å². The number of amides is 2. The van der Waals surface area contributed by atoms with Crippen LogP contribution in [0.25, 0.3) is 6.08 Å². The van der Waals surface area contributed by atoms with Crippen LogP contribution in [0.2, 0.25) is 10.0 Å². The average molecular weight is 407 g/mol. The van der Waals surface area contributed by atoms with Crippen LogP contribution in [0.15, 0.2) is 48.5 Å². The highest BCUT2D eigenvalue weighted by Gasteiger charge is 2.06.